The predicted octanol–water partition coefficient (Wildman–Crippen LogP) is 1.10. The lowest BCUT2D eigenvalue weighted by Crippen LogP contribution is -2.45. The standard InChI is InChI=1S/C20H33N3O3.CH2O2/c1-2-6-19(25)23-12-16-15(17-7-8-20(16,14-23)26-17)11-21-18(24)13-22-9-4-3-5-10-22;2-1-3/h15-17H,2-14H2,1H3,(H,21,24);1H,(H,2,3)/t15-,16+,17+,20+;/m0./s1. The van der Waals surface area contributed by atoms with Crippen LogP contribution in [0, 0.1) is 11.8 Å². The zero-order valence-corrected chi connectivity index (χ0v) is 17.5. The second-order valence-corrected chi connectivity index (χ2v) is 8.80. The zero-order valence-electron chi connectivity index (χ0n) is 17.5. The summed E-state index contributed by atoms with van der Waals surface area (Å²) in [6.45, 7) is 6.67. The number of rotatable bonds is 6. The van der Waals surface area contributed by atoms with Gasteiger partial charge >= 0.3 is 0 Å². The van der Waals surface area contributed by atoms with Gasteiger partial charge in [-0.3, -0.25) is 19.3 Å². The number of hydrogen-bond acceptors (Lipinski definition) is 5. The fraction of sp³-hybridized carbons (Fsp3) is 0.857. The van der Waals surface area contributed by atoms with Crippen LogP contribution in [0.1, 0.15) is 51.9 Å². The van der Waals surface area contributed by atoms with Crippen molar-refractivity contribution >= 4 is 18.3 Å². The third kappa shape index (κ3) is 4.91. The Bertz CT molecular complexity index is 595. The second-order valence-electron chi connectivity index (χ2n) is 8.80. The van der Waals surface area contributed by atoms with E-state index < -0.39 is 0 Å². The molecule has 1 spiro atoms. The number of fused-ring (bicyclic) bond motifs is 1. The average Bonchev–Trinajstić information content (AvgIpc) is 3.36. The molecule has 4 fully saturated rings. The lowest BCUT2D eigenvalue weighted by molar-refractivity contribution is -0.132. The van der Waals surface area contributed by atoms with Gasteiger partial charge in [0, 0.05) is 31.3 Å². The minimum absolute atomic E-state index is 0.129. The van der Waals surface area contributed by atoms with E-state index in [0.717, 1.165) is 45.4 Å². The molecule has 0 aromatic rings. The number of likely N-dealkylation sites (tertiary alicyclic amines) is 2. The van der Waals surface area contributed by atoms with Crippen LogP contribution in [0.3, 0.4) is 0 Å². The van der Waals surface area contributed by atoms with E-state index in [1.807, 2.05) is 4.90 Å². The summed E-state index contributed by atoms with van der Waals surface area (Å²) in [5.41, 5.74) is -0.129. The Balaban J connectivity index is 0.000000755. The molecule has 2 amide bonds. The molecule has 8 nitrogen and oxygen atoms in total. The molecule has 2 bridgehead atoms. The largest absolute Gasteiger partial charge is 0.483 e. The first kappa shape index (κ1) is 22.0. The number of nitrogens with one attached hydrogen (secondary N) is 1. The smallest absolute Gasteiger partial charge is 0.290 e. The van der Waals surface area contributed by atoms with Crippen molar-refractivity contribution in [3.05, 3.63) is 0 Å². The number of amides is 2. The molecular weight excluding hydrogens is 374 g/mol. The molecule has 4 heterocycles. The number of ether oxygens (including phenoxy) is 1. The van der Waals surface area contributed by atoms with Gasteiger partial charge in [-0.25, -0.2) is 0 Å². The first-order valence-corrected chi connectivity index (χ1v) is 11.1. The minimum atomic E-state index is -0.250. The zero-order chi connectivity index (χ0) is 20.9. The molecule has 0 aromatic carbocycles. The van der Waals surface area contributed by atoms with Crippen LogP contribution < -0.4 is 5.32 Å². The Morgan fingerprint density at radius 1 is 1.28 bits per heavy atom. The molecule has 0 aliphatic carbocycles. The summed E-state index contributed by atoms with van der Waals surface area (Å²) in [5, 5.41) is 10.1. The normalized spacial score (nSPS) is 33.0. The molecule has 164 valence electrons. The highest BCUT2D eigenvalue weighted by atomic mass is 16.5. The van der Waals surface area contributed by atoms with E-state index in [9.17, 15) is 9.59 Å². The summed E-state index contributed by atoms with van der Waals surface area (Å²) in [6.07, 6.45) is 7.62. The van der Waals surface area contributed by atoms with Gasteiger partial charge in [-0.15, -0.1) is 0 Å². The van der Waals surface area contributed by atoms with Crippen molar-refractivity contribution < 1.29 is 24.2 Å². The van der Waals surface area contributed by atoms with Crippen LogP contribution in [0.4, 0.5) is 0 Å². The molecule has 4 aliphatic rings. The Labute approximate surface area is 172 Å². The van der Waals surface area contributed by atoms with E-state index in [2.05, 4.69) is 17.1 Å². The van der Waals surface area contributed by atoms with Crippen LogP contribution in [0.5, 0.6) is 0 Å². The Hall–Kier alpha value is -1.67. The summed E-state index contributed by atoms with van der Waals surface area (Å²) < 4.78 is 6.38. The van der Waals surface area contributed by atoms with Gasteiger partial charge in [-0.1, -0.05) is 13.3 Å². The lowest BCUT2D eigenvalue weighted by atomic mass is 9.73. The van der Waals surface area contributed by atoms with E-state index >= 15 is 0 Å². The van der Waals surface area contributed by atoms with Crippen LogP contribution >= 0.6 is 0 Å². The molecule has 8 heteroatoms. The predicted molar refractivity (Wildman–Crippen MR) is 107 cm³/mol. The molecule has 4 rings (SSSR count). The Kier molecular flexibility index (Phi) is 7.51. The summed E-state index contributed by atoms with van der Waals surface area (Å²) in [5.74, 6) is 1.14. The number of carboxylic acid groups (broad SMARTS) is 1. The van der Waals surface area contributed by atoms with Crippen LogP contribution in [-0.2, 0) is 19.1 Å². The lowest BCUT2D eigenvalue weighted by Gasteiger charge is -2.30. The summed E-state index contributed by atoms with van der Waals surface area (Å²) in [6, 6.07) is 0. The summed E-state index contributed by atoms with van der Waals surface area (Å²) in [4.78, 5) is 37.3. The van der Waals surface area contributed by atoms with Gasteiger partial charge in [-0.2, -0.15) is 0 Å². The van der Waals surface area contributed by atoms with Gasteiger partial charge in [0.2, 0.25) is 11.8 Å². The highest BCUT2D eigenvalue weighted by molar-refractivity contribution is 5.78. The van der Waals surface area contributed by atoms with Crippen molar-refractivity contribution in [1.29, 1.82) is 0 Å². The van der Waals surface area contributed by atoms with Gasteiger partial charge in [0.25, 0.3) is 6.47 Å². The first-order chi connectivity index (χ1) is 14.0. The van der Waals surface area contributed by atoms with Gasteiger partial charge in [0.15, 0.2) is 0 Å². The molecule has 0 unspecified atom stereocenters. The molecule has 29 heavy (non-hydrogen) atoms. The van der Waals surface area contributed by atoms with Crippen molar-refractivity contribution in [3.8, 4) is 0 Å². The van der Waals surface area contributed by atoms with Gasteiger partial charge in [0.1, 0.15) is 0 Å². The number of nitrogens with zero attached hydrogens (tertiary/aromatic N) is 2. The third-order valence-electron chi connectivity index (χ3n) is 6.95. The minimum Gasteiger partial charge on any atom is -0.483 e. The van der Waals surface area contributed by atoms with Crippen molar-refractivity contribution in [2.45, 2.75) is 63.6 Å². The maximum Gasteiger partial charge on any atom is 0.290 e. The van der Waals surface area contributed by atoms with Gasteiger partial charge in [0.05, 0.1) is 24.8 Å². The van der Waals surface area contributed by atoms with Gasteiger partial charge in [-0.05, 0) is 45.2 Å². The van der Waals surface area contributed by atoms with E-state index in [1.165, 1.54) is 19.3 Å². The molecule has 4 saturated heterocycles. The fourth-order valence-electron chi connectivity index (χ4n) is 5.63. The molecule has 0 radical (unpaired) electrons. The monoisotopic (exact) mass is 409 g/mol. The maximum atomic E-state index is 12.4. The number of hydrogen-bond donors (Lipinski definition) is 2. The quantitative estimate of drug-likeness (QED) is 0.638. The van der Waals surface area contributed by atoms with Crippen molar-refractivity contribution in [3.63, 3.8) is 0 Å². The molecule has 4 aliphatic heterocycles. The van der Waals surface area contributed by atoms with E-state index in [1.54, 1.807) is 0 Å². The maximum absolute atomic E-state index is 12.4. The SMILES string of the molecule is CCCC(=O)N1C[C@@H]2[C@H](CNC(=O)CN3CCCCC3)[C@H]3CC[C@]2(C1)O3.O=CO. The molecule has 2 N–H and O–H groups in total. The summed E-state index contributed by atoms with van der Waals surface area (Å²) >= 11 is 0. The second kappa shape index (κ2) is 9.89. The fourth-order valence-corrected chi connectivity index (χ4v) is 5.63. The van der Waals surface area contributed by atoms with Crippen molar-refractivity contribution in [2.24, 2.45) is 11.8 Å². The van der Waals surface area contributed by atoms with E-state index in [4.69, 9.17) is 14.6 Å². The molecule has 0 aromatic heterocycles. The summed E-state index contributed by atoms with van der Waals surface area (Å²) in [7, 11) is 0. The molecular formula is C21H35N3O5. The third-order valence-corrected chi connectivity index (χ3v) is 6.95. The number of piperidine rings is 1. The highest BCUT2D eigenvalue weighted by Gasteiger charge is 2.63. The highest BCUT2D eigenvalue weighted by Crippen LogP contribution is 2.54. The van der Waals surface area contributed by atoms with Crippen LogP contribution in [-0.4, -0.2) is 84.2 Å². The average molecular weight is 410 g/mol. The van der Waals surface area contributed by atoms with E-state index in [-0.39, 0.29) is 30.0 Å². The van der Waals surface area contributed by atoms with Crippen molar-refractivity contribution in [1.82, 2.24) is 15.1 Å². The van der Waals surface area contributed by atoms with Gasteiger partial charge < -0.3 is 20.1 Å². The molecule has 4 atom stereocenters. The number of carbonyl (C=O) groups is 3. The first-order valence-electron chi connectivity index (χ1n) is 11.1. The van der Waals surface area contributed by atoms with Crippen molar-refractivity contribution in [2.75, 3.05) is 39.3 Å². The van der Waals surface area contributed by atoms with Crippen LogP contribution in [0.25, 0.3) is 0 Å². The van der Waals surface area contributed by atoms with Crippen LogP contribution in [0.2, 0.25) is 0 Å². The van der Waals surface area contributed by atoms with E-state index in [0.29, 0.717) is 31.3 Å². The molecule has 0 saturated carbocycles. The number of carbonyl (C=O) groups excluding carboxylic acids is 2. The van der Waals surface area contributed by atoms with Crippen LogP contribution in [0.15, 0.2) is 0 Å². The Morgan fingerprint density at radius 2 is 2.00 bits per heavy atom. The Morgan fingerprint density at radius 3 is 2.69 bits per heavy atom. The topological polar surface area (TPSA) is 99.2 Å².